The molecule has 7 heteroatoms. The molecule has 2 aromatic heterocycles. The number of benzene rings is 2. The molecule has 0 radical (unpaired) electrons. The molecule has 0 saturated heterocycles. The molecule has 0 aliphatic carbocycles. The molecule has 1 atom stereocenters. The van der Waals surface area contributed by atoms with Gasteiger partial charge in [0.1, 0.15) is 0 Å². The van der Waals surface area contributed by atoms with Gasteiger partial charge in [-0.05, 0) is 37.5 Å². The Kier molecular flexibility index (Phi) is 6.09. The fourth-order valence-corrected chi connectivity index (χ4v) is 4.24. The van der Waals surface area contributed by atoms with Crippen molar-refractivity contribution in [2.75, 3.05) is 5.75 Å². The number of thioether (sulfide) groups is 1. The molecule has 4 rings (SSSR count). The minimum Gasteiger partial charge on any atom is -0.348 e. The maximum Gasteiger partial charge on any atom is 0.256 e. The van der Waals surface area contributed by atoms with Crippen LogP contribution in [0, 0.1) is 13.8 Å². The average Bonchev–Trinajstić information content (AvgIpc) is 3.16. The smallest absolute Gasteiger partial charge is 0.256 e. The Hall–Kier alpha value is -3.19. The Morgan fingerprint density at radius 1 is 1.03 bits per heavy atom. The number of nitrogens with zero attached hydrogens (tertiary/aromatic N) is 4. The van der Waals surface area contributed by atoms with E-state index in [2.05, 4.69) is 32.6 Å². The number of carbonyl (C=O) groups excluding carboxylic acids is 1. The van der Waals surface area contributed by atoms with E-state index in [9.17, 15) is 4.79 Å². The third-order valence-corrected chi connectivity index (χ3v) is 5.74. The van der Waals surface area contributed by atoms with E-state index in [1.807, 2.05) is 72.8 Å². The first-order valence-electron chi connectivity index (χ1n) is 9.80. The quantitative estimate of drug-likeness (QED) is 0.461. The Balaban J connectivity index is 1.47. The van der Waals surface area contributed by atoms with Crippen molar-refractivity contribution in [1.29, 1.82) is 0 Å². The Labute approximate surface area is 179 Å². The number of amides is 1. The largest absolute Gasteiger partial charge is 0.348 e. The Bertz CT molecular complexity index is 1140. The highest BCUT2D eigenvalue weighted by atomic mass is 32.2. The lowest BCUT2D eigenvalue weighted by atomic mass is 9.99. The molecule has 6 nitrogen and oxygen atoms in total. The van der Waals surface area contributed by atoms with Crippen LogP contribution in [0.5, 0.6) is 0 Å². The maximum atomic E-state index is 12.8. The molecule has 0 aliphatic rings. The molecule has 0 unspecified atom stereocenters. The number of nitrogens with one attached hydrogen (secondary N) is 1. The second-order valence-corrected chi connectivity index (χ2v) is 8.11. The lowest BCUT2D eigenvalue weighted by molar-refractivity contribution is -0.119. The van der Waals surface area contributed by atoms with E-state index in [0.29, 0.717) is 10.9 Å². The zero-order chi connectivity index (χ0) is 20.9. The van der Waals surface area contributed by atoms with Gasteiger partial charge in [0.05, 0.1) is 11.8 Å². The van der Waals surface area contributed by atoms with Crippen LogP contribution in [-0.4, -0.2) is 31.2 Å². The first-order valence-corrected chi connectivity index (χ1v) is 10.8. The summed E-state index contributed by atoms with van der Waals surface area (Å²) in [5.41, 5.74) is 4.16. The summed E-state index contributed by atoms with van der Waals surface area (Å²) in [5, 5.41) is 12.2. The molecular weight excluding hydrogens is 394 g/mol. The van der Waals surface area contributed by atoms with Crippen molar-refractivity contribution in [1.82, 2.24) is 24.9 Å². The second kappa shape index (κ2) is 9.09. The monoisotopic (exact) mass is 417 g/mol. The van der Waals surface area contributed by atoms with Crippen LogP contribution in [0.4, 0.5) is 0 Å². The first-order chi connectivity index (χ1) is 14.6. The summed E-state index contributed by atoms with van der Waals surface area (Å²) in [6, 6.07) is 22.1. The van der Waals surface area contributed by atoms with Crippen LogP contribution in [0.3, 0.4) is 0 Å². The summed E-state index contributed by atoms with van der Waals surface area (Å²) in [6.07, 6.45) is 0.734. The summed E-state index contributed by atoms with van der Waals surface area (Å²) in [6.45, 7) is 3.92. The second-order valence-electron chi connectivity index (χ2n) is 7.17. The minimum absolute atomic E-state index is 0.0424. The molecule has 0 saturated carbocycles. The maximum absolute atomic E-state index is 12.8. The van der Waals surface area contributed by atoms with E-state index < -0.39 is 0 Å². The number of hydrogen-bond donors (Lipinski definition) is 1. The number of rotatable bonds is 7. The number of aryl methyl sites for hydroxylation is 2. The van der Waals surface area contributed by atoms with Crippen LogP contribution in [-0.2, 0) is 11.2 Å². The molecule has 0 fully saturated rings. The predicted molar refractivity (Wildman–Crippen MR) is 118 cm³/mol. The molecule has 152 valence electrons. The molecule has 4 aromatic rings. The predicted octanol–water partition coefficient (Wildman–Crippen LogP) is 3.93. The molecule has 2 heterocycles. The van der Waals surface area contributed by atoms with E-state index in [0.717, 1.165) is 23.4 Å². The van der Waals surface area contributed by atoms with Crippen molar-refractivity contribution in [3.63, 3.8) is 0 Å². The summed E-state index contributed by atoms with van der Waals surface area (Å²) < 4.78 is 1.88. The van der Waals surface area contributed by atoms with Gasteiger partial charge in [0.2, 0.25) is 5.91 Å². The molecule has 0 spiro atoms. The van der Waals surface area contributed by atoms with Crippen LogP contribution < -0.4 is 5.32 Å². The molecule has 1 amide bonds. The van der Waals surface area contributed by atoms with Gasteiger partial charge in [-0.15, -0.1) is 10.2 Å². The molecular formula is C23H23N5OS. The van der Waals surface area contributed by atoms with Gasteiger partial charge in [0.15, 0.2) is 5.16 Å². The zero-order valence-corrected chi connectivity index (χ0v) is 17.8. The highest BCUT2D eigenvalue weighted by molar-refractivity contribution is 7.99. The molecule has 30 heavy (non-hydrogen) atoms. The van der Waals surface area contributed by atoms with Gasteiger partial charge in [-0.1, -0.05) is 72.4 Å². The molecule has 0 bridgehead atoms. The molecule has 0 aliphatic heterocycles. The Morgan fingerprint density at radius 2 is 1.73 bits per heavy atom. The van der Waals surface area contributed by atoms with Gasteiger partial charge in [0, 0.05) is 11.4 Å². The SMILES string of the molecule is Cc1cc(C)n2c(SCC(=O)N[C@@H](Cc3ccccc3)c3ccccc3)nnc2n1. The van der Waals surface area contributed by atoms with Crippen molar-refractivity contribution < 1.29 is 4.79 Å². The summed E-state index contributed by atoms with van der Waals surface area (Å²) >= 11 is 1.37. The van der Waals surface area contributed by atoms with Crippen LogP contribution in [0.2, 0.25) is 0 Å². The zero-order valence-electron chi connectivity index (χ0n) is 16.9. The Morgan fingerprint density at radius 3 is 2.47 bits per heavy atom. The number of hydrogen-bond acceptors (Lipinski definition) is 5. The van der Waals surface area contributed by atoms with Crippen molar-refractivity contribution in [2.24, 2.45) is 0 Å². The van der Waals surface area contributed by atoms with Crippen molar-refractivity contribution in [2.45, 2.75) is 31.5 Å². The highest BCUT2D eigenvalue weighted by Crippen LogP contribution is 2.21. The minimum atomic E-state index is -0.0945. The van der Waals surface area contributed by atoms with Crippen LogP contribution in [0.25, 0.3) is 5.78 Å². The summed E-state index contributed by atoms with van der Waals surface area (Å²) in [5.74, 6) is 0.771. The fraction of sp³-hybridized carbons (Fsp3) is 0.217. The van der Waals surface area contributed by atoms with Gasteiger partial charge < -0.3 is 5.32 Å². The van der Waals surface area contributed by atoms with Gasteiger partial charge in [0.25, 0.3) is 5.78 Å². The van der Waals surface area contributed by atoms with E-state index in [-0.39, 0.29) is 17.7 Å². The van der Waals surface area contributed by atoms with Gasteiger partial charge in [-0.3, -0.25) is 9.20 Å². The van der Waals surface area contributed by atoms with Crippen molar-refractivity contribution >= 4 is 23.4 Å². The lowest BCUT2D eigenvalue weighted by Gasteiger charge is -2.19. The number of carbonyl (C=O) groups is 1. The van der Waals surface area contributed by atoms with E-state index >= 15 is 0 Å². The van der Waals surface area contributed by atoms with Crippen LogP contribution >= 0.6 is 11.8 Å². The topological polar surface area (TPSA) is 72.2 Å². The van der Waals surface area contributed by atoms with Crippen molar-refractivity contribution in [3.05, 3.63) is 89.2 Å². The fourth-order valence-electron chi connectivity index (χ4n) is 3.45. The third-order valence-electron chi connectivity index (χ3n) is 4.82. The highest BCUT2D eigenvalue weighted by Gasteiger charge is 2.17. The van der Waals surface area contributed by atoms with Crippen molar-refractivity contribution in [3.8, 4) is 0 Å². The normalized spacial score (nSPS) is 12.1. The summed E-state index contributed by atoms with van der Waals surface area (Å²) in [7, 11) is 0. The first kappa shape index (κ1) is 20.1. The lowest BCUT2D eigenvalue weighted by Crippen LogP contribution is -2.31. The van der Waals surface area contributed by atoms with E-state index in [1.54, 1.807) is 0 Å². The van der Waals surface area contributed by atoms with Gasteiger partial charge in [-0.25, -0.2) is 4.98 Å². The number of aromatic nitrogens is 4. The molecule has 1 N–H and O–H groups in total. The standard InChI is InChI=1S/C23H23N5OS/c1-16-13-17(2)28-22(24-16)26-27-23(28)30-15-21(29)25-20(19-11-7-4-8-12-19)14-18-9-5-3-6-10-18/h3-13,20H,14-15H2,1-2H3,(H,25,29)/t20-/m0/s1. The summed E-state index contributed by atoms with van der Waals surface area (Å²) in [4.78, 5) is 17.2. The van der Waals surface area contributed by atoms with Gasteiger partial charge >= 0.3 is 0 Å². The van der Waals surface area contributed by atoms with Crippen LogP contribution in [0.1, 0.15) is 28.6 Å². The van der Waals surface area contributed by atoms with E-state index in [1.165, 1.54) is 17.3 Å². The van der Waals surface area contributed by atoms with Crippen LogP contribution in [0.15, 0.2) is 71.9 Å². The molecule has 2 aromatic carbocycles. The average molecular weight is 418 g/mol. The third kappa shape index (κ3) is 4.68. The van der Waals surface area contributed by atoms with Gasteiger partial charge in [-0.2, -0.15) is 0 Å². The van der Waals surface area contributed by atoms with E-state index in [4.69, 9.17) is 0 Å². The number of fused-ring (bicyclic) bond motifs is 1.